The molecule has 2 heterocycles. The molecule has 0 radical (unpaired) electrons. The van der Waals surface area contributed by atoms with Crippen LogP contribution in [0.3, 0.4) is 0 Å². The molecule has 0 saturated heterocycles. The van der Waals surface area contributed by atoms with Crippen molar-refractivity contribution >= 4 is 22.8 Å². The summed E-state index contributed by atoms with van der Waals surface area (Å²) in [6, 6.07) is 3.67. The monoisotopic (exact) mass is 181 g/mol. The third-order valence-corrected chi connectivity index (χ3v) is 2.59. The first-order chi connectivity index (χ1) is 5.79. The zero-order valence-electron chi connectivity index (χ0n) is 6.20. The molecule has 1 aromatic rings. The van der Waals surface area contributed by atoms with Gasteiger partial charge in [-0.25, -0.2) is 0 Å². The number of aliphatic hydroxyl groups is 1. The van der Waals surface area contributed by atoms with Crippen molar-refractivity contribution in [3.63, 3.8) is 0 Å². The van der Waals surface area contributed by atoms with Gasteiger partial charge in [-0.3, -0.25) is 4.79 Å². The van der Waals surface area contributed by atoms with E-state index in [1.165, 1.54) is 11.3 Å². The Morgan fingerprint density at radius 3 is 2.92 bits per heavy atom. The quantitative estimate of drug-likeness (QED) is 0.682. The van der Waals surface area contributed by atoms with Gasteiger partial charge >= 0.3 is 0 Å². The van der Waals surface area contributed by atoms with Gasteiger partial charge in [0.15, 0.2) is 0 Å². The Morgan fingerprint density at radius 2 is 2.42 bits per heavy atom. The lowest BCUT2D eigenvalue weighted by Gasteiger charge is -1.94. The first kappa shape index (κ1) is 7.36. The average molecular weight is 181 g/mol. The van der Waals surface area contributed by atoms with Gasteiger partial charge < -0.3 is 10.4 Å². The summed E-state index contributed by atoms with van der Waals surface area (Å²) in [5, 5.41) is 13.8. The van der Waals surface area contributed by atoms with E-state index in [9.17, 15) is 9.90 Å². The van der Waals surface area contributed by atoms with Crippen molar-refractivity contribution in [3.8, 4) is 0 Å². The number of aliphatic hydroxyl groups excluding tert-OH is 1. The Morgan fingerprint density at radius 1 is 1.58 bits per heavy atom. The molecule has 1 aromatic heterocycles. The lowest BCUT2D eigenvalue weighted by molar-refractivity contribution is -0.114. The molecule has 2 rings (SSSR count). The molecule has 3 nitrogen and oxygen atoms in total. The molecule has 0 atom stereocenters. The summed E-state index contributed by atoms with van der Waals surface area (Å²) < 4.78 is 0. The number of carbonyl (C=O) groups is 1. The minimum absolute atomic E-state index is 0.141. The van der Waals surface area contributed by atoms with Crippen LogP contribution in [0.2, 0.25) is 0 Å². The molecule has 0 unspecified atom stereocenters. The molecule has 0 aliphatic carbocycles. The predicted octanol–water partition coefficient (Wildman–Crippen LogP) is 1.15. The molecule has 0 fully saturated rings. The normalized spacial score (nSPS) is 16.8. The minimum Gasteiger partial charge on any atom is -0.510 e. The van der Waals surface area contributed by atoms with Gasteiger partial charge in [-0.2, -0.15) is 0 Å². The Balaban J connectivity index is 2.47. The van der Waals surface area contributed by atoms with Crippen LogP contribution in [0.15, 0.2) is 23.3 Å². The Labute approximate surface area is 73.3 Å². The van der Waals surface area contributed by atoms with E-state index in [1.807, 2.05) is 17.5 Å². The highest BCUT2D eigenvalue weighted by atomic mass is 32.1. The van der Waals surface area contributed by atoms with Crippen LogP contribution >= 0.6 is 11.3 Å². The molecule has 1 aliphatic rings. The summed E-state index contributed by atoms with van der Waals surface area (Å²) in [6.45, 7) is 0.256. The zero-order valence-corrected chi connectivity index (χ0v) is 7.02. The van der Waals surface area contributed by atoms with Crippen molar-refractivity contribution in [3.05, 3.63) is 28.1 Å². The van der Waals surface area contributed by atoms with Crippen molar-refractivity contribution in [2.75, 3.05) is 6.54 Å². The molecule has 0 bridgehead atoms. The Bertz CT molecular complexity index is 340. The van der Waals surface area contributed by atoms with E-state index in [0.717, 1.165) is 4.88 Å². The zero-order chi connectivity index (χ0) is 8.55. The predicted molar refractivity (Wildman–Crippen MR) is 46.9 cm³/mol. The number of hydrogen-bond donors (Lipinski definition) is 2. The number of carbonyl (C=O) groups excluding carboxylic acids is 1. The number of hydrogen-bond acceptors (Lipinski definition) is 3. The van der Waals surface area contributed by atoms with Gasteiger partial charge in [0, 0.05) is 4.88 Å². The van der Waals surface area contributed by atoms with Gasteiger partial charge in [-0.1, -0.05) is 6.07 Å². The van der Waals surface area contributed by atoms with Crippen molar-refractivity contribution < 1.29 is 9.90 Å². The number of amides is 1. The maximum atomic E-state index is 11.2. The van der Waals surface area contributed by atoms with Gasteiger partial charge in [0.25, 0.3) is 5.91 Å². The Kier molecular flexibility index (Phi) is 1.62. The molecule has 62 valence electrons. The van der Waals surface area contributed by atoms with E-state index < -0.39 is 0 Å². The molecule has 0 spiro atoms. The summed E-state index contributed by atoms with van der Waals surface area (Å²) >= 11 is 1.45. The highest BCUT2D eigenvalue weighted by Gasteiger charge is 2.23. The molecular formula is C8H7NO2S. The number of nitrogens with one attached hydrogen (secondary N) is 1. The second kappa shape index (κ2) is 2.64. The molecule has 12 heavy (non-hydrogen) atoms. The summed E-state index contributed by atoms with van der Waals surface area (Å²) in [5.74, 6) is -0.0441. The summed E-state index contributed by atoms with van der Waals surface area (Å²) in [6.07, 6.45) is 0. The van der Waals surface area contributed by atoms with Crippen molar-refractivity contribution in [1.82, 2.24) is 5.32 Å². The first-order valence-electron chi connectivity index (χ1n) is 3.53. The molecule has 2 N–H and O–H groups in total. The number of rotatable bonds is 1. The van der Waals surface area contributed by atoms with E-state index in [-0.39, 0.29) is 18.2 Å². The van der Waals surface area contributed by atoms with Crippen LogP contribution in [0.5, 0.6) is 0 Å². The van der Waals surface area contributed by atoms with E-state index >= 15 is 0 Å². The first-order valence-corrected chi connectivity index (χ1v) is 4.41. The standard InChI is InChI=1S/C8H7NO2S/c10-5-4-9-8(11)7(5)6-2-1-3-12-6/h1-3,10H,4H2,(H,9,11). The molecule has 0 saturated carbocycles. The highest BCUT2D eigenvalue weighted by molar-refractivity contribution is 7.11. The fourth-order valence-corrected chi connectivity index (χ4v) is 1.94. The highest BCUT2D eigenvalue weighted by Crippen LogP contribution is 2.25. The van der Waals surface area contributed by atoms with E-state index in [0.29, 0.717) is 5.57 Å². The lowest BCUT2D eigenvalue weighted by Crippen LogP contribution is -2.16. The SMILES string of the molecule is O=C1NCC(O)=C1c1cccs1. The maximum absolute atomic E-state index is 11.2. The second-order valence-electron chi connectivity index (χ2n) is 2.48. The van der Waals surface area contributed by atoms with Gasteiger partial charge in [0.05, 0.1) is 12.1 Å². The van der Waals surface area contributed by atoms with Crippen LogP contribution < -0.4 is 5.32 Å². The smallest absolute Gasteiger partial charge is 0.256 e. The summed E-state index contributed by atoms with van der Waals surface area (Å²) in [7, 11) is 0. The average Bonchev–Trinajstić information content (AvgIpc) is 2.61. The van der Waals surface area contributed by atoms with Gasteiger partial charge in [-0.15, -0.1) is 11.3 Å². The lowest BCUT2D eigenvalue weighted by atomic mass is 10.2. The van der Waals surface area contributed by atoms with Crippen LogP contribution in [0.1, 0.15) is 4.88 Å². The van der Waals surface area contributed by atoms with Gasteiger partial charge in [-0.05, 0) is 11.4 Å². The topological polar surface area (TPSA) is 49.3 Å². The van der Waals surface area contributed by atoms with E-state index in [1.54, 1.807) is 0 Å². The molecular weight excluding hydrogens is 174 g/mol. The second-order valence-corrected chi connectivity index (χ2v) is 3.43. The Hall–Kier alpha value is -1.29. The van der Waals surface area contributed by atoms with Crippen LogP contribution in [0.4, 0.5) is 0 Å². The maximum Gasteiger partial charge on any atom is 0.256 e. The molecule has 0 aromatic carbocycles. The molecule has 4 heteroatoms. The van der Waals surface area contributed by atoms with Gasteiger partial charge in [0.2, 0.25) is 0 Å². The van der Waals surface area contributed by atoms with Crippen LogP contribution in [-0.4, -0.2) is 17.6 Å². The summed E-state index contributed by atoms with van der Waals surface area (Å²) in [4.78, 5) is 12.0. The van der Waals surface area contributed by atoms with Crippen molar-refractivity contribution in [1.29, 1.82) is 0 Å². The number of thiophene rings is 1. The van der Waals surface area contributed by atoms with Crippen LogP contribution in [0, 0.1) is 0 Å². The van der Waals surface area contributed by atoms with Crippen molar-refractivity contribution in [2.24, 2.45) is 0 Å². The molecule has 1 aliphatic heterocycles. The fourth-order valence-electron chi connectivity index (χ4n) is 1.15. The van der Waals surface area contributed by atoms with E-state index in [4.69, 9.17) is 0 Å². The largest absolute Gasteiger partial charge is 0.510 e. The summed E-state index contributed by atoms with van der Waals surface area (Å²) in [5.41, 5.74) is 0.421. The fraction of sp³-hybridized carbons (Fsp3) is 0.125. The van der Waals surface area contributed by atoms with Crippen LogP contribution in [0.25, 0.3) is 5.57 Å². The minimum atomic E-state index is -0.185. The van der Waals surface area contributed by atoms with Crippen LogP contribution in [-0.2, 0) is 4.79 Å². The van der Waals surface area contributed by atoms with Gasteiger partial charge in [0.1, 0.15) is 5.76 Å². The van der Waals surface area contributed by atoms with Crippen molar-refractivity contribution in [2.45, 2.75) is 0 Å². The molecule has 1 amide bonds. The third kappa shape index (κ3) is 1.00. The van der Waals surface area contributed by atoms with E-state index in [2.05, 4.69) is 5.32 Å². The third-order valence-electron chi connectivity index (χ3n) is 1.70.